The second-order valence-electron chi connectivity index (χ2n) is 3.99. The van der Waals surface area contributed by atoms with Gasteiger partial charge in [0.05, 0.1) is 6.20 Å². The van der Waals surface area contributed by atoms with Crippen molar-refractivity contribution in [3.8, 4) is 0 Å². The molecule has 0 aromatic carbocycles. The molecule has 5 nitrogen and oxygen atoms in total. The third-order valence-corrected chi connectivity index (χ3v) is 5.80. The average molecular weight is 261 g/mol. The van der Waals surface area contributed by atoms with E-state index in [0.29, 0.717) is 6.54 Å². The van der Waals surface area contributed by atoms with Gasteiger partial charge in [-0.05, 0) is 25.2 Å². The fraction of sp³-hybridized carbons (Fsp3) is 0.667. The van der Waals surface area contributed by atoms with Crippen LogP contribution in [0.1, 0.15) is 19.3 Å². The van der Waals surface area contributed by atoms with Gasteiger partial charge in [-0.2, -0.15) is 16.9 Å². The van der Waals surface area contributed by atoms with Gasteiger partial charge in [-0.1, -0.05) is 6.42 Å². The van der Waals surface area contributed by atoms with E-state index in [-0.39, 0.29) is 9.77 Å². The van der Waals surface area contributed by atoms with Crippen LogP contribution < -0.4 is 4.72 Å². The summed E-state index contributed by atoms with van der Waals surface area (Å²) in [6, 6.07) is 1.45. The van der Waals surface area contributed by atoms with Gasteiger partial charge in [-0.3, -0.25) is 5.10 Å². The van der Waals surface area contributed by atoms with Gasteiger partial charge >= 0.3 is 0 Å². The normalized spacial score (nSPS) is 19.3. The lowest BCUT2D eigenvalue weighted by Gasteiger charge is -2.40. The predicted octanol–water partition coefficient (Wildman–Crippen LogP) is 0.974. The molecule has 1 saturated carbocycles. The summed E-state index contributed by atoms with van der Waals surface area (Å²) in [6.07, 6.45) is 6.82. The highest BCUT2D eigenvalue weighted by Crippen LogP contribution is 2.42. The fourth-order valence-electron chi connectivity index (χ4n) is 1.72. The van der Waals surface area contributed by atoms with Crippen molar-refractivity contribution in [2.45, 2.75) is 29.0 Å². The molecule has 1 heterocycles. The molecule has 0 spiro atoms. The number of thioether (sulfide) groups is 1. The van der Waals surface area contributed by atoms with Crippen molar-refractivity contribution in [3.05, 3.63) is 12.3 Å². The van der Waals surface area contributed by atoms with Crippen LogP contribution in [0, 0.1) is 0 Å². The molecule has 1 aromatic heterocycles. The molecule has 0 saturated heterocycles. The minimum Gasteiger partial charge on any atom is -0.266 e. The first-order valence-electron chi connectivity index (χ1n) is 5.12. The molecule has 0 aliphatic heterocycles. The molecule has 90 valence electrons. The standard InChI is InChI=1S/C9H15N3O2S2/c1-15-9(4-2-5-9)7-11-16(13,14)8-3-6-10-12-8/h3,6,11H,2,4-5,7H2,1H3,(H,10,12). The Labute approximate surface area is 99.4 Å². The van der Waals surface area contributed by atoms with Crippen molar-refractivity contribution >= 4 is 21.8 Å². The third-order valence-electron chi connectivity index (χ3n) is 3.05. The van der Waals surface area contributed by atoms with Crippen LogP contribution in [0.3, 0.4) is 0 Å². The molecule has 0 amide bonds. The number of H-pyrrole nitrogens is 1. The van der Waals surface area contributed by atoms with Crippen molar-refractivity contribution in [2.24, 2.45) is 0 Å². The molecule has 7 heteroatoms. The number of nitrogens with one attached hydrogen (secondary N) is 2. The Balaban J connectivity index is 2.00. The number of aromatic nitrogens is 2. The maximum atomic E-state index is 11.8. The zero-order valence-electron chi connectivity index (χ0n) is 9.06. The van der Waals surface area contributed by atoms with Crippen LogP contribution in [-0.4, -0.2) is 36.2 Å². The van der Waals surface area contributed by atoms with E-state index < -0.39 is 10.0 Å². The van der Waals surface area contributed by atoms with Crippen molar-refractivity contribution in [1.82, 2.24) is 14.9 Å². The summed E-state index contributed by atoms with van der Waals surface area (Å²) in [7, 11) is -3.42. The Morgan fingerprint density at radius 3 is 2.81 bits per heavy atom. The smallest absolute Gasteiger partial charge is 0.257 e. The van der Waals surface area contributed by atoms with Crippen LogP contribution in [0.2, 0.25) is 0 Å². The maximum Gasteiger partial charge on any atom is 0.257 e. The number of nitrogens with zero attached hydrogens (tertiary/aromatic N) is 1. The highest BCUT2D eigenvalue weighted by molar-refractivity contribution is 8.00. The number of hydrogen-bond acceptors (Lipinski definition) is 4. The van der Waals surface area contributed by atoms with Gasteiger partial charge < -0.3 is 0 Å². The number of aromatic amines is 1. The van der Waals surface area contributed by atoms with Crippen LogP contribution >= 0.6 is 11.8 Å². The minimum atomic E-state index is -3.42. The summed E-state index contributed by atoms with van der Waals surface area (Å²) in [6.45, 7) is 0.496. The van der Waals surface area contributed by atoms with Gasteiger partial charge in [0.25, 0.3) is 10.0 Å². The first-order valence-corrected chi connectivity index (χ1v) is 7.83. The van der Waals surface area contributed by atoms with Crippen molar-refractivity contribution < 1.29 is 8.42 Å². The molecule has 2 N–H and O–H groups in total. The molecule has 0 atom stereocenters. The van der Waals surface area contributed by atoms with E-state index in [1.807, 2.05) is 6.26 Å². The van der Waals surface area contributed by atoms with E-state index in [9.17, 15) is 8.42 Å². The van der Waals surface area contributed by atoms with E-state index in [4.69, 9.17) is 0 Å². The Morgan fingerprint density at radius 1 is 1.62 bits per heavy atom. The molecule has 1 aliphatic carbocycles. The first-order chi connectivity index (χ1) is 7.58. The molecule has 2 rings (SSSR count). The third kappa shape index (κ3) is 2.26. The molecular formula is C9H15N3O2S2. The lowest BCUT2D eigenvalue weighted by Crippen LogP contribution is -2.45. The molecule has 16 heavy (non-hydrogen) atoms. The number of sulfonamides is 1. The van der Waals surface area contributed by atoms with Crippen molar-refractivity contribution in [1.29, 1.82) is 0 Å². The predicted molar refractivity (Wildman–Crippen MR) is 63.9 cm³/mol. The maximum absolute atomic E-state index is 11.8. The molecule has 1 aromatic rings. The Morgan fingerprint density at radius 2 is 2.38 bits per heavy atom. The van der Waals surface area contributed by atoms with E-state index in [2.05, 4.69) is 14.9 Å². The topological polar surface area (TPSA) is 74.8 Å². The van der Waals surface area contributed by atoms with E-state index in [0.717, 1.165) is 12.8 Å². The lowest BCUT2D eigenvalue weighted by atomic mass is 9.84. The van der Waals surface area contributed by atoms with Gasteiger partial charge in [-0.25, -0.2) is 13.1 Å². The number of hydrogen-bond donors (Lipinski definition) is 2. The van der Waals surface area contributed by atoms with Crippen molar-refractivity contribution in [2.75, 3.05) is 12.8 Å². The summed E-state index contributed by atoms with van der Waals surface area (Å²) >= 11 is 1.74. The molecule has 0 unspecified atom stereocenters. The van der Waals surface area contributed by atoms with Gasteiger partial charge in [0.1, 0.15) is 0 Å². The van der Waals surface area contributed by atoms with Gasteiger partial charge in [0, 0.05) is 11.3 Å². The molecule has 1 fully saturated rings. The molecule has 0 bridgehead atoms. The summed E-state index contributed by atoms with van der Waals surface area (Å²) in [5.41, 5.74) is 0. The van der Waals surface area contributed by atoms with Crippen LogP contribution in [0.25, 0.3) is 0 Å². The quantitative estimate of drug-likeness (QED) is 0.828. The number of rotatable bonds is 5. The highest BCUT2D eigenvalue weighted by atomic mass is 32.2. The van der Waals surface area contributed by atoms with Crippen molar-refractivity contribution in [3.63, 3.8) is 0 Å². The average Bonchev–Trinajstić information content (AvgIpc) is 2.70. The van der Waals surface area contributed by atoms with Gasteiger partial charge in [0.15, 0.2) is 5.03 Å². The van der Waals surface area contributed by atoms with Crippen LogP contribution in [0.5, 0.6) is 0 Å². The Kier molecular flexibility index (Phi) is 3.27. The van der Waals surface area contributed by atoms with Crippen LogP contribution in [0.15, 0.2) is 17.3 Å². The zero-order valence-corrected chi connectivity index (χ0v) is 10.7. The SMILES string of the molecule is CSC1(CNS(=O)(=O)c2ccn[nH]2)CCC1. The first kappa shape index (κ1) is 11.9. The largest absolute Gasteiger partial charge is 0.266 e. The van der Waals surface area contributed by atoms with Crippen LogP contribution in [0.4, 0.5) is 0 Å². The lowest BCUT2D eigenvalue weighted by molar-refractivity contribution is 0.361. The minimum absolute atomic E-state index is 0.104. The summed E-state index contributed by atoms with van der Waals surface area (Å²) in [4.78, 5) is 0. The summed E-state index contributed by atoms with van der Waals surface area (Å²) < 4.78 is 26.3. The molecule has 1 aliphatic rings. The zero-order chi connectivity index (χ0) is 11.6. The molecular weight excluding hydrogens is 246 g/mol. The van der Waals surface area contributed by atoms with Gasteiger partial charge in [0.2, 0.25) is 0 Å². The van der Waals surface area contributed by atoms with E-state index >= 15 is 0 Å². The van der Waals surface area contributed by atoms with E-state index in [1.54, 1.807) is 11.8 Å². The second-order valence-corrected chi connectivity index (χ2v) is 7.00. The second kappa shape index (κ2) is 4.38. The summed E-state index contributed by atoms with van der Waals surface area (Å²) in [5.74, 6) is 0. The monoisotopic (exact) mass is 261 g/mol. The van der Waals surface area contributed by atoms with Gasteiger partial charge in [-0.15, -0.1) is 0 Å². The fourth-order valence-corrected chi connectivity index (χ4v) is 3.76. The Bertz CT molecular complexity index is 432. The van der Waals surface area contributed by atoms with E-state index in [1.165, 1.54) is 18.7 Å². The highest BCUT2D eigenvalue weighted by Gasteiger charge is 2.37. The van der Waals surface area contributed by atoms with Crippen LogP contribution in [-0.2, 0) is 10.0 Å². The molecule has 0 radical (unpaired) electrons. The summed E-state index contributed by atoms with van der Waals surface area (Å²) in [5, 5.41) is 6.23. The Hall–Kier alpha value is -0.530.